The minimum Gasteiger partial charge on any atom is -0.323 e. The lowest BCUT2D eigenvalue weighted by atomic mass is 10.0. The standard InChI is InChI=1S/C9H14F2N2OS/c10-8(11)7-1-2-13(7)9(14)12-3-5-15-6-4-12/h7-8H,1-6H2. The minimum absolute atomic E-state index is 0.202. The van der Waals surface area contributed by atoms with Crippen LogP contribution in [0.1, 0.15) is 6.42 Å². The molecule has 0 aromatic rings. The molecule has 0 radical (unpaired) electrons. The van der Waals surface area contributed by atoms with Crippen molar-refractivity contribution in [2.45, 2.75) is 18.9 Å². The molecule has 2 aliphatic rings. The van der Waals surface area contributed by atoms with Gasteiger partial charge in [-0.3, -0.25) is 0 Å². The summed E-state index contributed by atoms with van der Waals surface area (Å²) in [6, 6.07) is -1.04. The van der Waals surface area contributed by atoms with Gasteiger partial charge in [-0.25, -0.2) is 13.6 Å². The number of alkyl halides is 2. The van der Waals surface area contributed by atoms with E-state index < -0.39 is 12.5 Å². The van der Waals surface area contributed by atoms with Gasteiger partial charge in [-0.05, 0) is 6.42 Å². The van der Waals surface area contributed by atoms with Crippen molar-refractivity contribution in [2.75, 3.05) is 31.1 Å². The first-order chi connectivity index (χ1) is 7.20. The molecule has 6 heteroatoms. The van der Waals surface area contributed by atoms with Gasteiger partial charge in [0, 0.05) is 31.1 Å². The fourth-order valence-electron chi connectivity index (χ4n) is 1.84. The summed E-state index contributed by atoms with van der Waals surface area (Å²) in [7, 11) is 0. The predicted molar refractivity (Wildman–Crippen MR) is 55.4 cm³/mol. The van der Waals surface area contributed by atoms with Gasteiger partial charge in [0.25, 0.3) is 6.43 Å². The van der Waals surface area contributed by atoms with Gasteiger partial charge in [-0.1, -0.05) is 0 Å². The van der Waals surface area contributed by atoms with Crippen molar-refractivity contribution in [3.63, 3.8) is 0 Å². The van der Waals surface area contributed by atoms with Crippen molar-refractivity contribution in [3.8, 4) is 0 Å². The van der Waals surface area contributed by atoms with Crippen molar-refractivity contribution in [3.05, 3.63) is 0 Å². The summed E-state index contributed by atoms with van der Waals surface area (Å²) in [5.41, 5.74) is 0. The third kappa shape index (κ3) is 2.19. The molecule has 86 valence electrons. The second-order valence-corrected chi connectivity index (χ2v) is 4.99. The van der Waals surface area contributed by atoms with Crippen molar-refractivity contribution in [1.29, 1.82) is 0 Å². The van der Waals surface area contributed by atoms with E-state index in [4.69, 9.17) is 0 Å². The zero-order chi connectivity index (χ0) is 10.8. The Hall–Kier alpha value is -0.520. The molecule has 2 aliphatic heterocycles. The Morgan fingerprint density at radius 3 is 2.40 bits per heavy atom. The molecule has 2 saturated heterocycles. The van der Waals surface area contributed by atoms with Crippen LogP contribution in [0.2, 0.25) is 0 Å². The third-order valence-corrected chi connectivity index (χ3v) is 3.83. The molecule has 1 atom stereocenters. The molecule has 0 aromatic carbocycles. The first-order valence-corrected chi connectivity index (χ1v) is 6.27. The smallest absolute Gasteiger partial charge is 0.320 e. The molecule has 2 rings (SSSR count). The molecule has 15 heavy (non-hydrogen) atoms. The number of thioether (sulfide) groups is 1. The van der Waals surface area contributed by atoms with E-state index in [0.717, 1.165) is 11.5 Å². The first-order valence-electron chi connectivity index (χ1n) is 5.11. The Morgan fingerprint density at radius 1 is 1.27 bits per heavy atom. The Labute approximate surface area is 91.8 Å². The first kappa shape index (κ1) is 11.0. The second-order valence-electron chi connectivity index (χ2n) is 3.77. The van der Waals surface area contributed by atoms with Crippen LogP contribution in [0.15, 0.2) is 0 Å². The number of carbonyl (C=O) groups excluding carboxylic acids is 1. The molecular formula is C9H14F2N2OS. The van der Waals surface area contributed by atoms with Gasteiger partial charge in [0.2, 0.25) is 0 Å². The topological polar surface area (TPSA) is 23.6 Å². The predicted octanol–water partition coefficient (Wildman–Crippen LogP) is 1.49. The molecule has 0 spiro atoms. The van der Waals surface area contributed by atoms with E-state index in [0.29, 0.717) is 26.1 Å². The van der Waals surface area contributed by atoms with Crippen LogP contribution >= 0.6 is 11.8 Å². The molecule has 2 heterocycles. The lowest BCUT2D eigenvalue weighted by Crippen LogP contribution is -2.59. The summed E-state index contributed by atoms with van der Waals surface area (Å²) < 4.78 is 24.9. The lowest BCUT2D eigenvalue weighted by Gasteiger charge is -2.43. The van der Waals surface area contributed by atoms with Crippen LogP contribution in [-0.2, 0) is 0 Å². The van der Waals surface area contributed by atoms with Crippen molar-refractivity contribution in [2.24, 2.45) is 0 Å². The van der Waals surface area contributed by atoms with E-state index >= 15 is 0 Å². The van der Waals surface area contributed by atoms with Crippen LogP contribution in [0.3, 0.4) is 0 Å². The van der Waals surface area contributed by atoms with Crippen LogP contribution in [-0.4, -0.2) is 59.4 Å². The van der Waals surface area contributed by atoms with E-state index in [9.17, 15) is 13.6 Å². The molecule has 0 N–H and O–H groups in total. The number of likely N-dealkylation sites (tertiary alicyclic amines) is 1. The SMILES string of the molecule is O=C(N1CCSCC1)N1CCC1C(F)F. The molecule has 0 saturated carbocycles. The maximum absolute atomic E-state index is 12.4. The largest absolute Gasteiger partial charge is 0.323 e. The molecule has 0 aromatic heterocycles. The van der Waals surface area contributed by atoms with Crippen molar-refractivity contribution >= 4 is 17.8 Å². The maximum atomic E-state index is 12.4. The second kappa shape index (κ2) is 4.55. The molecule has 0 aliphatic carbocycles. The number of carbonyl (C=O) groups is 1. The van der Waals surface area contributed by atoms with E-state index in [1.54, 1.807) is 16.7 Å². The average Bonchev–Trinajstić information content (AvgIpc) is 2.16. The van der Waals surface area contributed by atoms with Gasteiger partial charge in [-0.15, -0.1) is 0 Å². The fourth-order valence-corrected chi connectivity index (χ4v) is 2.75. The van der Waals surface area contributed by atoms with Crippen LogP contribution in [0.5, 0.6) is 0 Å². The molecule has 0 bridgehead atoms. The average molecular weight is 236 g/mol. The zero-order valence-corrected chi connectivity index (χ0v) is 9.18. The van der Waals surface area contributed by atoms with Gasteiger partial charge in [0.1, 0.15) is 0 Å². The van der Waals surface area contributed by atoms with Gasteiger partial charge in [-0.2, -0.15) is 11.8 Å². The lowest BCUT2D eigenvalue weighted by molar-refractivity contribution is -0.0174. The van der Waals surface area contributed by atoms with Crippen molar-refractivity contribution < 1.29 is 13.6 Å². The zero-order valence-electron chi connectivity index (χ0n) is 8.36. The summed E-state index contributed by atoms with van der Waals surface area (Å²) in [5.74, 6) is 1.83. The highest BCUT2D eigenvalue weighted by Gasteiger charge is 2.40. The van der Waals surface area contributed by atoms with Gasteiger partial charge >= 0.3 is 6.03 Å². The van der Waals surface area contributed by atoms with E-state index in [1.807, 2.05) is 0 Å². The maximum Gasteiger partial charge on any atom is 0.320 e. The Kier molecular flexibility index (Phi) is 3.33. The van der Waals surface area contributed by atoms with Crippen LogP contribution < -0.4 is 0 Å². The number of rotatable bonds is 1. The summed E-state index contributed by atoms with van der Waals surface area (Å²) in [6.07, 6.45) is -1.96. The highest BCUT2D eigenvalue weighted by Crippen LogP contribution is 2.25. The van der Waals surface area contributed by atoms with E-state index in [-0.39, 0.29) is 6.03 Å². The van der Waals surface area contributed by atoms with Crippen LogP contribution in [0, 0.1) is 0 Å². The molecule has 3 nitrogen and oxygen atoms in total. The summed E-state index contributed by atoms with van der Waals surface area (Å²) >= 11 is 1.80. The van der Waals surface area contributed by atoms with Crippen LogP contribution in [0.4, 0.5) is 13.6 Å². The number of amides is 2. The third-order valence-electron chi connectivity index (χ3n) is 2.88. The number of urea groups is 1. The normalized spacial score (nSPS) is 26.7. The molecular weight excluding hydrogens is 222 g/mol. The highest BCUT2D eigenvalue weighted by molar-refractivity contribution is 7.99. The number of hydrogen-bond acceptors (Lipinski definition) is 2. The quantitative estimate of drug-likeness (QED) is 0.688. The minimum atomic E-state index is -2.40. The summed E-state index contributed by atoms with van der Waals surface area (Å²) in [5, 5.41) is 0. The van der Waals surface area contributed by atoms with Gasteiger partial charge in [0.05, 0.1) is 6.04 Å². The Morgan fingerprint density at radius 2 is 1.93 bits per heavy atom. The summed E-state index contributed by atoms with van der Waals surface area (Å²) in [4.78, 5) is 14.8. The monoisotopic (exact) mass is 236 g/mol. The fraction of sp³-hybridized carbons (Fsp3) is 0.889. The van der Waals surface area contributed by atoms with E-state index in [2.05, 4.69) is 0 Å². The molecule has 2 amide bonds. The molecule has 1 unspecified atom stereocenters. The number of hydrogen-bond donors (Lipinski definition) is 0. The number of halogens is 2. The van der Waals surface area contributed by atoms with E-state index in [1.165, 1.54) is 4.90 Å². The Balaban J connectivity index is 1.89. The van der Waals surface area contributed by atoms with Gasteiger partial charge in [0.15, 0.2) is 0 Å². The van der Waals surface area contributed by atoms with Crippen molar-refractivity contribution in [1.82, 2.24) is 9.80 Å². The summed E-state index contributed by atoms with van der Waals surface area (Å²) in [6.45, 7) is 1.86. The molecule has 2 fully saturated rings. The highest BCUT2D eigenvalue weighted by atomic mass is 32.2. The van der Waals surface area contributed by atoms with Gasteiger partial charge < -0.3 is 9.80 Å². The Bertz CT molecular complexity index is 246. The number of nitrogens with zero attached hydrogens (tertiary/aromatic N) is 2. The van der Waals surface area contributed by atoms with Crippen LogP contribution in [0.25, 0.3) is 0 Å².